The van der Waals surface area contributed by atoms with Crippen molar-refractivity contribution in [3.05, 3.63) is 0 Å². The van der Waals surface area contributed by atoms with Crippen LogP contribution in [0.5, 0.6) is 0 Å². The fourth-order valence-corrected chi connectivity index (χ4v) is 0.857. The van der Waals surface area contributed by atoms with Crippen LogP contribution in [-0.2, 0) is 9.59 Å². The van der Waals surface area contributed by atoms with Crippen molar-refractivity contribution >= 4 is 18.2 Å². The molecule has 0 spiro atoms. The molecule has 0 aromatic carbocycles. The molecular weight excluding hydrogens is 184 g/mol. The predicted molar refractivity (Wildman–Crippen MR) is 52.5 cm³/mol. The van der Waals surface area contributed by atoms with Gasteiger partial charge in [-0.15, -0.1) is 0 Å². The first-order valence-electron chi connectivity index (χ1n) is 4.36. The van der Waals surface area contributed by atoms with Crippen molar-refractivity contribution in [2.24, 2.45) is 5.73 Å². The van der Waals surface area contributed by atoms with Gasteiger partial charge in [0.15, 0.2) is 5.96 Å². The number of rotatable bonds is 7. The molecule has 0 heterocycles. The molecule has 1 radical (unpaired) electrons. The van der Waals surface area contributed by atoms with Crippen LogP contribution in [0.1, 0.15) is 19.3 Å². The normalized spacial score (nSPS) is 9.14. The Bertz CT molecular complexity index is 206. The molecule has 0 bridgehead atoms. The summed E-state index contributed by atoms with van der Waals surface area (Å²) in [4.78, 5) is 20.7. The van der Waals surface area contributed by atoms with Gasteiger partial charge in [-0.2, -0.15) is 0 Å². The molecule has 0 atom stereocenters. The largest absolute Gasteiger partial charge is 0.370 e. The molecule has 14 heavy (non-hydrogen) atoms. The highest BCUT2D eigenvalue weighted by Crippen LogP contribution is 1.93. The van der Waals surface area contributed by atoms with E-state index in [0.717, 1.165) is 6.42 Å². The molecular formula is C8H15N4O2. The summed E-state index contributed by atoms with van der Waals surface area (Å²) in [5.41, 5.74) is 5.05. The summed E-state index contributed by atoms with van der Waals surface area (Å²) >= 11 is 0. The van der Waals surface area contributed by atoms with Crippen molar-refractivity contribution in [2.45, 2.75) is 19.3 Å². The van der Waals surface area contributed by atoms with Crippen molar-refractivity contribution in [3.8, 4) is 0 Å². The van der Waals surface area contributed by atoms with Crippen molar-refractivity contribution in [1.29, 1.82) is 5.41 Å². The zero-order valence-electron chi connectivity index (χ0n) is 7.93. The van der Waals surface area contributed by atoms with Gasteiger partial charge in [0.05, 0.1) is 6.54 Å². The number of nitrogens with one attached hydrogen (secondary N) is 3. The van der Waals surface area contributed by atoms with Crippen LogP contribution in [0.2, 0.25) is 0 Å². The van der Waals surface area contributed by atoms with Gasteiger partial charge in [-0.05, 0) is 12.8 Å². The van der Waals surface area contributed by atoms with Gasteiger partial charge in [0.25, 0.3) is 0 Å². The highest BCUT2D eigenvalue weighted by molar-refractivity contribution is 5.78. The van der Waals surface area contributed by atoms with Crippen LogP contribution in [-0.4, -0.2) is 31.2 Å². The van der Waals surface area contributed by atoms with Crippen LogP contribution in [0, 0.1) is 5.41 Å². The second kappa shape index (κ2) is 8.03. The van der Waals surface area contributed by atoms with Crippen LogP contribution in [0.25, 0.3) is 0 Å². The van der Waals surface area contributed by atoms with Crippen LogP contribution in [0.4, 0.5) is 0 Å². The summed E-state index contributed by atoms with van der Waals surface area (Å²) < 4.78 is 0. The summed E-state index contributed by atoms with van der Waals surface area (Å²) in [5.74, 6) is -0.221. The van der Waals surface area contributed by atoms with Gasteiger partial charge < -0.3 is 16.4 Å². The number of carbonyl (C=O) groups excluding carboxylic acids is 2. The van der Waals surface area contributed by atoms with Gasteiger partial charge in [-0.1, -0.05) is 0 Å². The topological polar surface area (TPSA) is 108 Å². The zero-order chi connectivity index (χ0) is 10.8. The maximum Gasteiger partial charge on any atom is 0.220 e. The van der Waals surface area contributed by atoms with Crippen LogP contribution >= 0.6 is 0 Å². The standard InChI is InChI=1S/C8H15N4O2/c9-8(10)12-4-2-1-3-7(14)11-5-6-13/h1-5H2,(H,11,14)(H4,9,10,12). The van der Waals surface area contributed by atoms with Crippen molar-refractivity contribution in [3.63, 3.8) is 0 Å². The Hall–Kier alpha value is -1.59. The molecule has 5 N–H and O–H groups in total. The minimum atomic E-state index is -0.156. The molecule has 79 valence electrons. The van der Waals surface area contributed by atoms with Gasteiger partial charge in [-0.25, -0.2) is 0 Å². The highest BCUT2D eigenvalue weighted by atomic mass is 16.2. The second-order valence-electron chi connectivity index (χ2n) is 2.72. The quantitative estimate of drug-likeness (QED) is 0.236. The van der Waals surface area contributed by atoms with E-state index in [2.05, 4.69) is 10.6 Å². The van der Waals surface area contributed by atoms with Crippen LogP contribution < -0.4 is 16.4 Å². The Labute approximate surface area is 82.7 Å². The van der Waals surface area contributed by atoms with Crippen molar-refractivity contribution < 1.29 is 9.59 Å². The Kier molecular flexibility index (Phi) is 7.12. The second-order valence-corrected chi connectivity index (χ2v) is 2.72. The maximum atomic E-state index is 10.9. The third-order valence-electron chi connectivity index (χ3n) is 1.50. The number of nitrogens with two attached hydrogens (primary N) is 1. The number of carbonyl (C=O) groups is 1. The third-order valence-corrected chi connectivity index (χ3v) is 1.50. The molecule has 6 heteroatoms. The average Bonchev–Trinajstić information content (AvgIpc) is 2.13. The molecule has 0 aliphatic heterocycles. The van der Waals surface area contributed by atoms with E-state index in [4.69, 9.17) is 11.1 Å². The SMILES string of the molecule is N=C(N)NCCCCC(=O)NC[C]=O. The molecule has 0 aromatic rings. The molecule has 0 aromatic heterocycles. The zero-order valence-corrected chi connectivity index (χ0v) is 7.93. The van der Waals surface area contributed by atoms with E-state index < -0.39 is 0 Å². The first-order valence-corrected chi connectivity index (χ1v) is 4.36. The number of unbranched alkanes of at least 4 members (excludes halogenated alkanes) is 1. The number of guanidine groups is 1. The number of hydrogen-bond donors (Lipinski definition) is 4. The number of hydrogen-bond acceptors (Lipinski definition) is 3. The van der Waals surface area contributed by atoms with E-state index in [9.17, 15) is 9.59 Å². The third kappa shape index (κ3) is 8.51. The molecule has 0 unspecified atom stereocenters. The lowest BCUT2D eigenvalue weighted by Crippen LogP contribution is -2.31. The molecule has 0 aliphatic rings. The average molecular weight is 199 g/mol. The Morgan fingerprint density at radius 1 is 1.36 bits per heavy atom. The molecule has 0 fully saturated rings. The molecule has 0 saturated carbocycles. The Morgan fingerprint density at radius 2 is 2.07 bits per heavy atom. The van der Waals surface area contributed by atoms with Gasteiger partial charge in [0, 0.05) is 13.0 Å². The highest BCUT2D eigenvalue weighted by Gasteiger charge is 1.99. The van der Waals surface area contributed by atoms with E-state index in [1.807, 2.05) is 0 Å². The van der Waals surface area contributed by atoms with Gasteiger partial charge in [0.2, 0.25) is 12.2 Å². The van der Waals surface area contributed by atoms with Crippen LogP contribution in [0.15, 0.2) is 0 Å². The summed E-state index contributed by atoms with van der Waals surface area (Å²) in [6.07, 6.45) is 3.41. The van der Waals surface area contributed by atoms with E-state index in [1.165, 1.54) is 0 Å². The molecule has 0 rings (SSSR count). The minimum absolute atomic E-state index is 0.0511. The lowest BCUT2D eigenvalue weighted by atomic mass is 10.2. The first kappa shape index (κ1) is 12.4. The number of amides is 1. The smallest absolute Gasteiger partial charge is 0.220 e. The van der Waals surface area contributed by atoms with Crippen LogP contribution in [0.3, 0.4) is 0 Å². The van der Waals surface area contributed by atoms with E-state index >= 15 is 0 Å². The van der Waals surface area contributed by atoms with E-state index in [0.29, 0.717) is 19.4 Å². The van der Waals surface area contributed by atoms with E-state index in [1.54, 1.807) is 6.29 Å². The van der Waals surface area contributed by atoms with Crippen molar-refractivity contribution in [2.75, 3.05) is 13.1 Å². The fourth-order valence-electron chi connectivity index (χ4n) is 0.857. The molecule has 0 saturated heterocycles. The van der Waals surface area contributed by atoms with Crippen molar-refractivity contribution in [1.82, 2.24) is 10.6 Å². The van der Waals surface area contributed by atoms with E-state index in [-0.39, 0.29) is 18.4 Å². The van der Waals surface area contributed by atoms with Gasteiger partial charge in [-0.3, -0.25) is 15.0 Å². The summed E-state index contributed by atoms with van der Waals surface area (Å²) in [7, 11) is 0. The maximum absolute atomic E-state index is 10.9. The van der Waals surface area contributed by atoms with Gasteiger partial charge in [0.1, 0.15) is 0 Å². The van der Waals surface area contributed by atoms with Gasteiger partial charge >= 0.3 is 0 Å². The Morgan fingerprint density at radius 3 is 2.64 bits per heavy atom. The predicted octanol–water partition coefficient (Wildman–Crippen LogP) is -1.13. The summed E-state index contributed by atoms with van der Waals surface area (Å²) in [5, 5.41) is 11.9. The molecule has 1 amide bonds. The summed E-state index contributed by atoms with van der Waals surface area (Å²) in [6, 6.07) is 0. The molecule has 0 aliphatic carbocycles. The summed E-state index contributed by atoms with van der Waals surface area (Å²) in [6.45, 7) is 0.535. The fraction of sp³-hybridized carbons (Fsp3) is 0.625. The monoisotopic (exact) mass is 199 g/mol. The Balaban J connectivity index is 3.22. The first-order chi connectivity index (χ1) is 6.66. The lowest BCUT2D eigenvalue weighted by molar-refractivity contribution is -0.120. The minimum Gasteiger partial charge on any atom is -0.370 e. The lowest BCUT2D eigenvalue weighted by Gasteiger charge is -2.03. The molecule has 6 nitrogen and oxygen atoms in total.